The molecule has 4 rings (SSSR count). The predicted octanol–water partition coefficient (Wildman–Crippen LogP) is 3.50. The van der Waals surface area contributed by atoms with Gasteiger partial charge in [-0.15, -0.1) is 0 Å². The van der Waals surface area contributed by atoms with E-state index in [-0.39, 0.29) is 50.7 Å². The second-order valence-electron chi connectivity index (χ2n) is 9.23. The van der Waals surface area contributed by atoms with Crippen molar-refractivity contribution < 1.29 is 29.0 Å². The van der Waals surface area contributed by atoms with Gasteiger partial charge in [-0.25, -0.2) is 4.79 Å². The van der Waals surface area contributed by atoms with Crippen molar-refractivity contribution in [2.24, 2.45) is 11.8 Å². The second kappa shape index (κ2) is 10.9. The minimum Gasteiger partial charge on any atom is -0.481 e. The highest BCUT2D eigenvalue weighted by Gasteiger charge is 2.35. The Labute approximate surface area is 205 Å². The van der Waals surface area contributed by atoms with Crippen LogP contribution in [0.3, 0.4) is 0 Å². The summed E-state index contributed by atoms with van der Waals surface area (Å²) < 4.78 is 11.0. The molecule has 8 heteroatoms. The van der Waals surface area contributed by atoms with Gasteiger partial charge in [0, 0.05) is 19.0 Å². The summed E-state index contributed by atoms with van der Waals surface area (Å²) >= 11 is 0. The van der Waals surface area contributed by atoms with E-state index < -0.39 is 24.0 Å². The van der Waals surface area contributed by atoms with Crippen molar-refractivity contribution >= 4 is 18.0 Å². The molecule has 186 valence electrons. The van der Waals surface area contributed by atoms with Gasteiger partial charge in [0.1, 0.15) is 12.6 Å². The first-order valence-corrected chi connectivity index (χ1v) is 12.1. The second-order valence-corrected chi connectivity index (χ2v) is 9.23. The Balaban J connectivity index is 1.44. The number of carbonyl (C=O) groups is 3. The van der Waals surface area contributed by atoms with Gasteiger partial charge in [0.15, 0.2) is 0 Å². The molecule has 3 atom stereocenters. The van der Waals surface area contributed by atoms with Gasteiger partial charge in [-0.2, -0.15) is 0 Å². The zero-order valence-corrected chi connectivity index (χ0v) is 20.1. The zero-order chi connectivity index (χ0) is 24.9. The molecule has 8 nitrogen and oxygen atoms in total. The highest BCUT2D eigenvalue weighted by Crippen LogP contribution is 2.44. The molecule has 1 unspecified atom stereocenters. The molecule has 0 spiro atoms. The largest absolute Gasteiger partial charge is 0.481 e. The maximum atomic E-state index is 13.3. The highest BCUT2D eigenvalue weighted by molar-refractivity contribution is 5.86. The Morgan fingerprint density at radius 3 is 2.34 bits per heavy atom. The Bertz CT molecular complexity index is 1040. The molecule has 0 aromatic heterocycles. The number of ether oxygens (including phenoxy) is 2. The standard InChI is InChI=1S/C27H32N2O6/c1-3-17(2)24(25(30)29-12-13-34-15-18(14-29)26(31)32)28-27(33)35-16-23-21-10-6-4-8-19(21)20-9-5-7-11-22(20)23/h4-11,17-18,23-24H,3,12-16H2,1-2H3,(H,28,33)(H,31,32)/t17-,18?,24-/m0/s1. The minimum absolute atomic E-state index is 0.0491. The van der Waals surface area contributed by atoms with E-state index in [9.17, 15) is 19.5 Å². The van der Waals surface area contributed by atoms with Crippen LogP contribution in [0.1, 0.15) is 37.3 Å². The van der Waals surface area contributed by atoms with Crippen molar-refractivity contribution in [1.29, 1.82) is 0 Å². The molecule has 2 amide bonds. The van der Waals surface area contributed by atoms with Crippen molar-refractivity contribution in [1.82, 2.24) is 10.2 Å². The van der Waals surface area contributed by atoms with Gasteiger partial charge in [-0.05, 0) is 28.2 Å². The molecular formula is C27H32N2O6. The van der Waals surface area contributed by atoms with Gasteiger partial charge >= 0.3 is 12.1 Å². The average Bonchev–Trinajstić information content (AvgIpc) is 3.00. The van der Waals surface area contributed by atoms with Crippen LogP contribution in [0.4, 0.5) is 4.79 Å². The van der Waals surface area contributed by atoms with E-state index in [2.05, 4.69) is 17.4 Å². The van der Waals surface area contributed by atoms with E-state index in [0.717, 1.165) is 22.3 Å². The molecule has 1 saturated heterocycles. The number of nitrogens with zero attached hydrogens (tertiary/aromatic N) is 1. The molecule has 1 heterocycles. The molecule has 0 saturated carbocycles. The summed E-state index contributed by atoms with van der Waals surface area (Å²) in [6.07, 6.45) is -0.00128. The number of alkyl carbamates (subject to hydrolysis) is 1. The summed E-state index contributed by atoms with van der Waals surface area (Å²) in [6, 6.07) is 15.4. The van der Waals surface area contributed by atoms with Crippen LogP contribution in [0.15, 0.2) is 48.5 Å². The normalized spacial score (nSPS) is 19.1. The van der Waals surface area contributed by atoms with Gasteiger partial charge in [0.2, 0.25) is 5.91 Å². The molecule has 2 aliphatic rings. The van der Waals surface area contributed by atoms with E-state index in [1.807, 2.05) is 50.2 Å². The van der Waals surface area contributed by atoms with Crippen LogP contribution in [0.2, 0.25) is 0 Å². The maximum absolute atomic E-state index is 13.3. The molecule has 0 radical (unpaired) electrons. The van der Waals surface area contributed by atoms with E-state index in [1.165, 1.54) is 4.90 Å². The first-order valence-electron chi connectivity index (χ1n) is 12.1. The summed E-state index contributed by atoms with van der Waals surface area (Å²) in [7, 11) is 0. The van der Waals surface area contributed by atoms with E-state index in [1.54, 1.807) is 0 Å². The van der Waals surface area contributed by atoms with Crippen molar-refractivity contribution in [3.05, 3.63) is 59.7 Å². The van der Waals surface area contributed by atoms with E-state index in [4.69, 9.17) is 9.47 Å². The molecule has 1 aliphatic carbocycles. The molecule has 2 N–H and O–H groups in total. The minimum atomic E-state index is -1.01. The Morgan fingerprint density at radius 2 is 1.74 bits per heavy atom. The number of rotatable bonds is 7. The quantitative estimate of drug-likeness (QED) is 0.629. The van der Waals surface area contributed by atoms with Crippen LogP contribution in [-0.2, 0) is 19.1 Å². The molecule has 35 heavy (non-hydrogen) atoms. The summed E-state index contributed by atoms with van der Waals surface area (Å²) in [6.45, 7) is 4.63. The van der Waals surface area contributed by atoms with Crippen molar-refractivity contribution in [3.8, 4) is 11.1 Å². The van der Waals surface area contributed by atoms with Gasteiger partial charge < -0.3 is 24.8 Å². The SMILES string of the molecule is CC[C@H](C)[C@H](NC(=O)OCC1c2ccccc2-c2ccccc21)C(=O)N1CCOCC(C(=O)O)C1. The molecule has 0 bridgehead atoms. The lowest BCUT2D eigenvalue weighted by molar-refractivity contribution is -0.144. The number of hydrogen-bond donors (Lipinski definition) is 2. The lowest BCUT2D eigenvalue weighted by Gasteiger charge is -2.30. The molecule has 2 aromatic rings. The number of nitrogens with one attached hydrogen (secondary N) is 1. The van der Waals surface area contributed by atoms with Crippen LogP contribution in [0, 0.1) is 11.8 Å². The zero-order valence-electron chi connectivity index (χ0n) is 20.1. The maximum Gasteiger partial charge on any atom is 0.407 e. The number of carbonyl (C=O) groups excluding carboxylic acids is 2. The predicted molar refractivity (Wildman–Crippen MR) is 130 cm³/mol. The molecule has 2 aromatic carbocycles. The fourth-order valence-corrected chi connectivity index (χ4v) is 4.81. The third-order valence-electron chi connectivity index (χ3n) is 7.02. The fraction of sp³-hybridized carbons (Fsp3) is 0.444. The first kappa shape index (κ1) is 24.7. The molecule has 1 fully saturated rings. The number of aliphatic carboxylic acids is 1. The average molecular weight is 481 g/mol. The lowest BCUT2D eigenvalue weighted by Crippen LogP contribution is -2.53. The lowest BCUT2D eigenvalue weighted by atomic mass is 9.97. The first-order chi connectivity index (χ1) is 16.9. The van der Waals surface area contributed by atoms with Gasteiger partial charge in [-0.1, -0.05) is 68.8 Å². The highest BCUT2D eigenvalue weighted by atomic mass is 16.5. The summed E-state index contributed by atoms with van der Waals surface area (Å²) in [5.41, 5.74) is 4.50. The summed E-state index contributed by atoms with van der Waals surface area (Å²) in [4.78, 5) is 39.2. The fourth-order valence-electron chi connectivity index (χ4n) is 4.81. The van der Waals surface area contributed by atoms with E-state index >= 15 is 0 Å². The van der Waals surface area contributed by atoms with Crippen molar-refractivity contribution in [2.75, 3.05) is 32.9 Å². The van der Waals surface area contributed by atoms with Crippen LogP contribution >= 0.6 is 0 Å². The summed E-state index contributed by atoms with van der Waals surface area (Å²) in [5.74, 6) is -2.35. The van der Waals surface area contributed by atoms with Gasteiger partial charge in [-0.3, -0.25) is 9.59 Å². The molecule has 1 aliphatic heterocycles. The van der Waals surface area contributed by atoms with Crippen molar-refractivity contribution in [2.45, 2.75) is 32.2 Å². The number of hydrogen-bond acceptors (Lipinski definition) is 5. The summed E-state index contributed by atoms with van der Waals surface area (Å²) in [5, 5.41) is 12.2. The number of fused-ring (bicyclic) bond motifs is 3. The van der Waals surface area contributed by atoms with Gasteiger partial charge in [0.05, 0.1) is 19.1 Å². The number of benzene rings is 2. The van der Waals surface area contributed by atoms with E-state index in [0.29, 0.717) is 6.42 Å². The smallest absolute Gasteiger partial charge is 0.407 e. The van der Waals surface area contributed by atoms with Crippen LogP contribution < -0.4 is 5.32 Å². The van der Waals surface area contributed by atoms with Crippen LogP contribution in [0.25, 0.3) is 11.1 Å². The Kier molecular flexibility index (Phi) is 7.70. The number of amides is 2. The van der Waals surface area contributed by atoms with Crippen LogP contribution in [0.5, 0.6) is 0 Å². The number of carboxylic acid groups (broad SMARTS) is 1. The third kappa shape index (κ3) is 5.32. The van der Waals surface area contributed by atoms with Gasteiger partial charge in [0.25, 0.3) is 0 Å². The topological polar surface area (TPSA) is 105 Å². The monoisotopic (exact) mass is 480 g/mol. The Morgan fingerprint density at radius 1 is 1.11 bits per heavy atom. The third-order valence-corrected chi connectivity index (χ3v) is 7.02. The molecular weight excluding hydrogens is 448 g/mol. The van der Waals surface area contributed by atoms with Crippen LogP contribution in [-0.4, -0.2) is 66.9 Å². The van der Waals surface area contributed by atoms with Crippen molar-refractivity contribution in [3.63, 3.8) is 0 Å². The number of carboxylic acids is 1. The Hall–Kier alpha value is -3.39.